The lowest BCUT2D eigenvalue weighted by Crippen LogP contribution is -2.36. The average Bonchev–Trinajstić information content (AvgIpc) is 2.78. The number of unbranched alkanes of at least 4 members (excludes halogenated alkanes) is 2. The van der Waals surface area contributed by atoms with Gasteiger partial charge in [0, 0.05) is 11.1 Å². The van der Waals surface area contributed by atoms with E-state index in [1.54, 1.807) is 26.0 Å². The minimum atomic E-state index is -0.722. The molecule has 0 atom stereocenters. The molecule has 8 nitrogen and oxygen atoms in total. The quantitative estimate of drug-likeness (QED) is 0.523. The molecule has 1 aromatic rings. The molecule has 1 saturated heterocycles. The molecule has 2 rings (SSSR count). The molecule has 8 heteroatoms. The molecule has 1 aromatic carbocycles. The van der Waals surface area contributed by atoms with E-state index in [4.69, 9.17) is 15.9 Å². The molecule has 3 amide bonds. The second-order valence-corrected chi connectivity index (χ2v) is 7.63. The van der Waals surface area contributed by atoms with Gasteiger partial charge in [-0.05, 0) is 25.0 Å². The molecular weight excluding hydrogens is 372 g/mol. The average molecular weight is 400 g/mol. The normalized spacial score (nSPS) is 17.6. The molecule has 1 aliphatic rings. The van der Waals surface area contributed by atoms with Crippen molar-refractivity contribution in [3.05, 3.63) is 46.8 Å². The Morgan fingerprint density at radius 2 is 1.90 bits per heavy atom. The predicted molar refractivity (Wildman–Crippen MR) is 110 cm³/mol. The van der Waals surface area contributed by atoms with Crippen molar-refractivity contribution in [2.75, 3.05) is 6.61 Å². The van der Waals surface area contributed by atoms with Gasteiger partial charge < -0.3 is 21.2 Å². The largest absolute Gasteiger partial charge is 0.448 e. The van der Waals surface area contributed by atoms with Crippen LogP contribution in [0.2, 0.25) is 0 Å². The van der Waals surface area contributed by atoms with E-state index in [2.05, 4.69) is 17.6 Å². The third kappa shape index (κ3) is 5.43. The summed E-state index contributed by atoms with van der Waals surface area (Å²) in [7, 11) is 0. The predicted octanol–water partition coefficient (Wildman–Crippen LogP) is 3.09. The molecule has 156 valence electrons. The molecule has 1 fully saturated rings. The Morgan fingerprint density at radius 3 is 2.52 bits per heavy atom. The highest BCUT2D eigenvalue weighted by Gasteiger charge is 2.34. The topological polar surface area (TPSA) is 134 Å². The summed E-state index contributed by atoms with van der Waals surface area (Å²) in [6, 6.07) is 6.25. The summed E-state index contributed by atoms with van der Waals surface area (Å²) < 4.78 is 5.14. The maximum Gasteiger partial charge on any atom is 0.411 e. The number of primary amides is 1. The minimum Gasteiger partial charge on any atom is -0.448 e. The van der Waals surface area contributed by atoms with Crippen molar-refractivity contribution in [1.29, 1.82) is 5.41 Å². The number of hydrogen-bond donors (Lipinski definition) is 4. The SMILES string of the molecule is CCCCC/C(NC(=O)c1ccccc1C(N)=O)=C1/NC(=O)OCC(C)(C)C1=N. The lowest BCUT2D eigenvalue weighted by atomic mass is 9.85. The van der Waals surface area contributed by atoms with E-state index in [1.807, 2.05) is 0 Å². The van der Waals surface area contributed by atoms with Crippen molar-refractivity contribution < 1.29 is 19.1 Å². The van der Waals surface area contributed by atoms with Crippen molar-refractivity contribution in [2.24, 2.45) is 11.1 Å². The minimum absolute atomic E-state index is 0.0574. The maximum absolute atomic E-state index is 12.9. The molecule has 5 N–H and O–H groups in total. The van der Waals surface area contributed by atoms with Crippen LogP contribution in [0.4, 0.5) is 4.79 Å². The first-order valence-electron chi connectivity index (χ1n) is 9.64. The number of carbonyl (C=O) groups excluding carboxylic acids is 3. The van der Waals surface area contributed by atoms with Crippen molar-refractivity contribution in [3.63, 3.8) is 0 Å². The second kappa shape index (κ2) is 9.36. The number of nitrogens with two attached hydrogens (primary N) is 1. The van der Waals surface area contributed by atoms with Crippen molar-refractivity contribution in [2.45, 2.75) is 46.5 Å². The first-order chi connectivity index (χ1) is 13.7. The van der Waals surface area contributed by atoms with Crippen molar-refractivity contribution >= 4 is 23.6 Å². The monoisotopic (exact) mass is 400 g/mol. The van der Waals surface area contributed by atoms with Crippen LogP contribution in [0.15, 0.2) is 35.7 Å². The van der Waals surface area contributed by atoms with Crippen LogP contribution < -0.4 is 16.4 Å². The molecule has 0 saturated carbocycles. The first-order valence-corrected chi connectivity index (χ1v) is 9.64. The molecule has 0 aliphatic carbocycles. The van der Waals surface area contributed by atoms with Gasteiger partial charge in [0.2, 0.25) is 5.91 Å². The highest BCUT2D eigenvalue weighted by atomic mass is 16.5. The van der Waals surface area contributed by atoms with Crippen LogP contribution in [0.1, 0.15) is 67.2 Å². The number of rotatable bonds is 7. The van der Waals surface area contributed by atoms with Gasteiger partial charge in [0.15, 0.2) is 0 Å². The summed E-state index contributed by atoms with van der Waals surface area (Å²) in [6.45, 7) is 5.70. The van der Waals surface area contributed by atoms with Gasteiger partial charge in [0.1, 0.15) is 6.61 Å². The number of ether oxygens (including phenoxy) is 1. The molecule has 0 radical (unpaired) electrons. The maximum atomic E-state index is 12.9. The van der Waals surface area contributed by atoms with Crippen LogP contribution in [0.25, 0.3) is 0 Å². The van der Waals surface area contributed by atoms with Crippen LogP contribution in [-0.2, 0) is 4.74 Å². The van der Waals surface area contributed by atoms with E-state index >= 15 is 0 Å². The number of amides is 3. The van der Waals surface area contributed by atoms with E-state index < -0.39 is 23.3 Å². The zero-order valence-corrected chi connectivity index (χ0v) is 17.1. The summed E-state index contributed by atoms with van der Waals surface area (Å²) in [5.74, 6) is -1.23. The number of carbonyl (C=O) groups is 3. The lowest BCUT2D eigenvalue weighted by molar-refractivity contribution is 0.0944. The number of allylic oxidation sites excluding steroid dienone is 2. The molecule has 1 heterocycles. The first kappa shape index (κ1) is 22.1. The third-order valence-corrected chi connectivity index (χ3v) is 4.75. The van der Waals surface area contributed by atoms with Gasteiger partial charge in [0.25, 0.3) is 5.91 Å². The smallest absolute Gasteiger partial charge is 0.411 e. The number of benzene rings is 1. The van der Waals surface area contributed by atoms with Gasteiger partial charge in [-0.1, -0.05) is 45.7 Å². The zero-order chi connectivity index (χ0) is 21.6. The standard InChI is InChI=1S/C21H28N4O4/c1-4-5-6-11-15(16-17(22)21(2,3)12-29-20(28)25-16)24-19(27)14-10-8-7-9-13(14)18(23)26/h7-10,22H,4-6,11-12H2,1-3H3,(H2,23,26)(H,24,27)(H,25,28)/b16-15-,22-17?. The summed E-state index contributed by atoms with van der Waals surface area (Å²) in [5, 5.41) is 14.0. The van der Waals surface area contributed by atoms with Gasteiger partial charge in [0.05, 0.1) is 22.5 Å². The van der Waals surface area contributed by atoms with Crippen molar-refractivity contribution in [3.8, 4) is 0 Å². The van der Waals surface area contributed by atoms with Gasteiger partial charge in [-0.25, -0.2) is 4.79 Å². The van der Waals surface area contributed by atoms with Gasteiger partial charge in [-0.2, -0.15) is 0 Å². The molecule has 29 heavy (non-hydrogen) atoms. The Kier molecular flexibility index (Phi) is 7.14. The van der Waals surface area contributed by atoms with E-state index in [0.717, 1.165) is 19.3 Å². The summed E-state index contributed by atoms with van der Waals surface area (Å²) in [5.41, 5.74) is 5.71. The van der Waals surface area contributed by atoms with E-state index in [-0.39, 0.29) is 29.1 Å². The number of alkyl carbamates (subject to hydrolysis) is 1. The Morgan fingerprint density at radius 1 is 1.24 bits per heavy atom. The van der Waals surface area contributed by atoms with Crippen LogP contribution in [0.3, 0.4) is 0 Å². The fourth-order valence-corrected chi connectivity index (χ4v) is 2.99. The van der Waals surface area contributed by atoms with Crippen LogP contribution in [0, 0.1) is 10.8 Å². The number of hydrogen-bond acceptors (Lipinski definition) is 5. The molecule has 0 spiro atoms. The Bertz CT molecular complexity index is 858. The Labute approximate surface area is 170 Å². The van der Waals surface area contributed by atoms with E-state index in [9.17, 15) is 14.4 Å². The van der Waals surface area contributed by atoms with Crippen molar-refractivity contribution in [1.82, 2.24) is 10.6 Å². The molecule has 0 aromatic heterocycles. The van der Waals surface area contributed by atoms with Crippen LogP contribution in [-0.4, -0.2) is 30.2 Å². The Balaban J connectivity index is 2.45. The van der Waals surface area contributed by atoms with Gasteiger partial charge in [-0.15, -0.1) is 0 Å². The fourth-order valence-electron chi connectivity index (χ4n) is 2.99. The summed E-state index contributed by atoms with van der Waals surface area (Å²) in [4.78, 5) is 36.6. The zero-order valence-electron chi connectivity index (χ0n) is 17.1. The van der Waals surface area contributed by atoms with Crippen LogP contribution in [0.5, 0.6) is 0 Å². The number of nitrogens with one attached hydrogen (secondary N) is 3. The highest BCUT2D eigenvalue weighted by Crippen LogP contribution is 2.26. The van der Waals surface area contributed by atoms with Crippen LogP contribution >= 0.6 is 0 Å². The molecular formula is C21H28N4O4. The van der Waals surface area contributed by atoms with Gasteiger partial charge >= 0.3 is 6.09 Å². The summed E-state index contributed by atoms with van der Waals surface area (Å²) in [6.07, 6.45) is 2.44. The fraction of sp³-hybridized carbons (Fsp3) is 0.429. The number of cyclic esters (lactones) is 1. The Hall–Kier alpha value is -3.16. The van der Waals surface area contributed by atoms with Gasteiger partial charge in [-0.3, -0.25) is 14.9 Å². The van der Waals surface area contributed by atoms with E-state index in [1.165, 1.54) is 12.1 Å². The molecule has 1 aliphatic heterocycles. The summed E-state index contributed by atoms with van der Waals surface area (Å²) >= 11 is 0. The van der Waals surface area contributed by atoms with E-state index in [0.29, 0.717) is 12.1 Å². The highest BCUT2D eigenvalue weighted by molar-refractivity contribution is 6.09. The molecule has 0 unspecified atom stereocenters. The third-order valence-electron chi connectivity index (χ3n) is 4.75. The second-order valence-electron chi connectivity index (χ2n) is 7.63. The molecule has 0 bridgehead atoms. The lowest BCUT2D eigenvalue weighted by Gasteiger charge is -2.24.